The van der Waals surface area contributed by atoms with Crippen molar-refractivity contribution in [3.8, 4) is 0 Å². The molecule has 0 atom stereocenters. The first-order valence-corrected chi connectivity index (χ1v) is 56.5. The Morgan fingerprint density at radius 1 is 0.359 bits per heavy atom. The van der Waals surface area contributed by atoms with Crippen LogP contribution in [-0.2, 0) is 0 Å². The number of piperidine rings is 3. The molecule has 0 aromatic rings. The predicted molar refractivity (Wildman–Crippen MR) is 324 cm³/mol. The van der Waals surface area contributed by atoms with Crippen LogP contribution in [0.5, 0.6) is 0 Å². The average molecular weight is 1050 g/mol. The van der Waals surface area contributed by atoms with Crippen LogP contribution in [0.2, 0.25) is 124 Å². The third-order valence-corrected chi connectivity index (χ3v) is 24.3. The van der Waals surface area contributed by atoms with Gasteiger partial charge in [0, 0.05) is 96.7 Å². The zero-order chi connectivity index (χ0) is 48.6. The summed E-state index contributed by atoms with van der Waals surface area (Å²) >= 11 is 0. The number of nitrogens with zero attached hydrogens (tertiary/aromatic N) is 7. The Balaban J connectivity index is 0.000000491. The summed E-state index contributed by atoms with van der Waals surface area (Å²) in [6.07, 6.45) is 21.5. The molecule has 3 heterocycles. The van der Waals surface area contributed by atoms with Crippen LogP contribution in [-0.4, -0.2) is 241 Å². The van der Waals surface area contributed by atoms with Crippen molar-refractivity contribution >= 4 is 78.4 Å². The molecule has 0 N–H and O–H groups in total. The second-order valence-electron chi connectivity index (χ2n) is 26.6. The van der Waals surface area contributed by atoms with Gasteiger partial charge >= 0.3 is 0 Å². The predicted octanol–water partition coefficient (Wildman–Crippen LogP) is 6.98. The highest BCUT2D eigenvalue weighted by Crippen LogP contribution is 2.22. The molecule has 384 valence electrons. The fourth-order valence-corrected chi connectivity index (χ4v) is 24.4. The van der Waals surface area contributed by atoms with E-state index in [0.717, 1.165) is 17.8 Å². The van der Waals surface area contributed by atoms with Crippen LogP contribution < -0.4 is 0 Å². The van der Waals surface area contributed by atoms with Crippen molar-refractivity contribution in [3.05, 3.63) is 0 Å². The van der Waals surface area contributed by atoms with E-state index in [4.69, 9.17) is 0 Å². The van der Waals surface area contributed by atoms with Crippen LogP contribution in [0.25, 0.3) is 0 Å². The van der Waals surface area contributed by atoms with Crippen molar-refractivity contribution in [1.29, 1.82) is 0 Å². The minimum Gasteiger partial charge on any atom is -0.309 e. The highest BCUT2D eigenvalue weighted by atomic mass is 28.3. The summed E-state index contributed by atoms with van der Waals surface area (Å²) in [5.74, 6) is 2.91. The maximum absolute atomic E-state index is 2.87. The quantitative estimate of drug-likeness (QED) is 0.0864. The van der Waals surface area contributed by atoms with Crippen molar-refractivity contribution in [3.63, 3.8) is 0 Å². The third-order valence-electron chi connectivity index (χ3n) is 12.9. The van der Waals surface area contributed by atoms with Crippen LogP contribution >= 0.6 is 0 Å². The topological polar surface area (TPSA) is 22.7 Å². The van der Waals surface area contributed by atoms with Gasteiger partial charge in [-0.3, -0.25) is 9.80 Å². The Morgan fingerprint density at radius 3 is 0.844 bits per heavy atom. The summed E-state index contributed by atoms with van der Waals surface area (Å²) in [6.45, 7) is 61.0. The second-order valence-corrected chi connectivity index (χ2v) is 57.2. The zero-order valence-corrected chi connectivity index (χ0v) is 57.9. The molecule has 0 spiro atoms. The van der Waals surface area contributed by atoms with E-state index in [1.165, 1.54) is 160 Å². The first kappa shape index (κ1) is 63.7. The summed E-state index contributed by atoms with van der Waals surface area (Å²) < 4.78 is 0. The molecule has 64 heavy (non-hydrogen) atoms. The van der Waals surface area contributed by atoms with Gasteiger partial charge in [0.25, 0.3) is 0 Å². The Morgan fingerprint density at radius 2 is 0.594 bits per heavy atom. The zero-order valence-electron chi connectivity index (χ0n) is 47.7. The van der Waals surface area contributed by atoms with Gasteiger partial charge in [0.15, 0.2) is 0 Å². The van der Waals surface area contributed by atoms with Crippen LogP contribution in [0.1, 0.15) is 38.5 Å². The van der Waals surface area contributed by atoms with Crippen LogP contribution in [0.15, 0.2) is 0 Å². The highest BCUT2D eigenvalue weighted by molar-refractivity contribution is 6.76. The molecule has 0 radical (unpaired) electrons. The van der Waals surface area contributed by atoms with Crippen LogP contribution in [0, 0.1) is 17.8 Å². The van der Waals surface area contributed by atoms with Crippen molar-refractivity contribution in [2.24, 2.45) is 17.8 Å². The molecule has 0 saturated carbocycles. The fraction of sp³-hybridized carbons (Fsp3) is 1.00. The molecule has 16 heteroatoms. The van der Waals surface area contributed by atoms with Crippen molar-refractivity contribution in [2.45, 2.75) is 163 Å². The number of hydrogen-bond acceptors (Lipinski definition) is 7. The van der Waals surface area contributed by atoms with Crippen LogP contribution in [0.3, 0.4) is 0 Å². The Kier molecular flexibility index (Phi) is 34.7. The van der Waals surface area contributed by atoms with Gasteiger partial charge in [0.2, 0.25) is 0 Å². The maximum atomic E-state index is 2.87. The number of likely N-dealkylation sites (tertiary alicyclic amines) is 3. The molecule has 0 aromatic carbocycles. The lowest BCUT2D eigenvalue weighted by atomic mass is 9.97. The van der Waals surface area contributed by atoms with E-state index in [-0.39, 0.29) is 0 Å². The standard InChI is InChI=1S/C19H49N3Si4.C16H40N2Si3.C13H32N2Si2/c1-23(2)15-21(16-24(3)4)13-19-9-11-20(12-10-19)14-22(17-25(5)6)18-26(7)8;1-19(2)13-18(14-20(3)4)12-16-8-10-17(11-9-16)15-21(5,6)7;1-14-8-6-13(7-9-14)10-15(11-16(2)3)12-17(4)5/h19,23-26H,9-18H2,1-8H3;16,19-20H,8-15H2,1-7H3;13,16-17H,6-12H2,1-5H3. The van der Waals surface area contributed by atoms with Gasteiger partial charge in [-0.1, -0.05) is 124 Å². The molecule has 0 unspecified atom stereocenters. The molecule has 7 nitrogen and oxygen atoms in total. The van der Waals surface area contributed by atoms with Gasteiger partial charge in [0.05, 0.1) is 8.07 Å². The molecular weight excluding hydrogens is 927 g/mol. The molecule has 0 amide bonds. The monoisotopic (exact) mass is 1050 g/mol. The van der Waals surface area contributed by atoms with E-state index in [1.807, 2.05) is 0 Å². The van der Waals surface area contributed by atoms with Crippen molar-refractivity contribution < 1.29 is 0 Å². The van der Waals surface area contributed by atoms with Gasteiger partial charge < -0.3 is 24.5 Å². The maximum Gasteiger partial charge on any atom is 0.0599 e. The van der Waals surface area contributed by atoms with Gasteiger partial charge in [-0.05, 0) is 158 Å². The van der Waals surface area contributed by atoms with Crippen LogP contribution in [0.4, 0.5) is 0 Å². The summed E-state index contributed by atoms with van der Waals surface area (Å²) in [7, 11) is -2.39. The molecule has 3 aliphatic rings. The van der Waals surface area contributed by atoms with Gasteiger partial charge in [0.1, 0.15) is 0 Å². The number of hydrogen-bond donors (Lipinski definition) is 0. The minimum absolute atomic E-state index is 0.434. The fourth-order valence-electron chi connectivity index (χ4n) is 10.9. The van der Waals surface area contributed by atoms with E-state index >= 15 is 0 Å². The van der Waals surface area contributed by atoms with E-state index in [2.05, 4.69) is 166 Å². The van der Waals surface area contributed by atoms with Gasteiger partial charge in [-0.15, -0.1) is 0 Å². The lowest BCUT2D eigenvalue weighted by Crippen LogP contribution is -2.48. The number of rotatable bonds is 26. The summed E-state index contributed by atoms with van der Waals surface area (Å²) in [4.78, 5) is 19.4. The lowest BCUT2D eigenvalue weighted by Gasteiger charge is -2.38. The van der Waals surface area contributed by atoms with Gasteiger partial charge in [-0.2, -0.15) is 0 Å². The molecule has 0 bridgehead atoms. The summed E-state index contributed by atoms with van der Waals surface area (Å²) in [5.41, 5.74) is 0. The smallest absolute Gasteiger partial charge is 0.0599 e. The van der Waals surface area contributed by atoms with Crippen molar-refractivity contribution in [1.82, 2.24) is 34.3 Å². The molecular formula is C48H121N7Si9. The highest BCUT2D eigenvalue weighted by Gasteiger charge is 2.27. The average Bonchev–Trinajstić information content (AvgIpc) is 3.12. The Labute approximate surface area is 418 Å². The molecule has 3 fully saturated rings. The SMILES string of the molecule is CN1CCC(CN(C[SiH](C)C)C[SiH](C)C)CC1.C[SiH](C)CN(CC1CCN(CN(C[SiH](C)C)C[SiH](C)C)CC1)C[SiH](C)C.C[SiH](C)CN(CC1CCN(C[Si](C)(C)C)CC1)C[SiH](C)C. The molecule has 3 rings (SSSR count). The second kappa shape index (κ2) is 34.9. The largest absolute Gasteiger partial charge is 0.309 e. The lowest BCUT2D eigenvalue weighted by molar-refractivity contribution is 0.104. The normalized spacial score (nSPS) is 18.8. The first-order chi connectivity index (χ1) is 29.8. The van der Waals surface area contributed by atoms with Crippen molar-refractivity contribution in [2.75, 3.05) is 128 Å². The van der Waals surface area contributed by atoms with E-state index in [1.54, 1.807) is 0 Å². The van der Waals surface area contributed by atoms with Gasteiger partial charge in [-0.25, -0.2) is 0 Å². The third kappa shape index (κ3) is 34.9. The minimum atomic E-state index is -0.916. The molecule has 0 aromatic heterocycles. The van der Waals surface area contributed by atoms with E-state index in [0.29, 0.717) is 0 Å². The Bertz CT molecular complexity index is 1030. The summed E-state index contributed by atoms with van der Waals surface area (Å²) in [6, 6.07) is 0. The molecule has 3 saturated heterocycles. The van der Waals surface area contributed by atoms with E-state index in [9.17, 15) is 0 Å². The molecule has 3 aliphatic heterocycles. The van der Waals surface area contributed by atoms with E-state index < -0.39 is 78.4 Å². The molecule has 0 aliphatic carbocycles. The summed E-state index contributed by atoms with van der Waals surface area (Å²) in [5, 5.41) is 0. The first-order valence-electron chi connectivity index (χ1n) is 27.8. The Hall–Kier alpha value is 1.67.